The first-order chi connectivity index (χ1) is 41.6. The van der Waals surface area contributed by atoms with Crippen LogP contribution < -0.4 is 0 Å². The summed E-state index contributed by atoms with van der Waals surface area (Å²) in [5.41, 5.74) is 0. The van der Waals surface area contributed by atoms with Gasteiger partial charge in [-0.15, -0.1) is 0 Å². The highest BCUT2D eigenvalue weighted by Crippen LogP contribution is 2.27. The third kappa shape index (κ3) is 48.9. The monoisotopic (exact) mass is 1190 g/mol. The van der Waals surface area contributed by atoms with Crippen molar-refractivity contribution in [1.82, 2.24) is 0 Å². The average molecular weight is 1190 g/mol. The van der Waals surface area contributed by atoms with Gasteiger partial charge in [-0.25, -0.2) is 4.79 Å². The van der Waals surface area contributed by atoms with Gasteiger partial charge in [0, 0.05) is 19.3 Å². The quantitative estimate of drug-likeness (QED) is 0.0228. The molecule has 482 valence electrons. The molecular weight excluding hydrogens is 1070 g/mol. The number of ether oxygens (including phenoxy) is 5. The number of carbonyl (C=O) groups excluding carboxylic acids is 3. The highest BCUT2D eigenvalue weighted by Gasteiger charge is 2.50. The fourth-order valence-electron chi connectivity index (χ4n) is 9.49. The van der Waals surface area contributed by atoms with Gasteiger partial charge in [0.05, 0.1) is 6.61 Å². The van der Waals surface area contributed by atoms with Crippen molar-refractivity contribution in [2.45, 2.75) is 302 Å². The van der Waals surface area contributed by atoms with Gasteiger partial charge in [0.2, 0.25) is 0 Å². The average Bonchev–Trinajstić information content (AvgIpc) is 3.51. The lowest BCUT2D eigenvalue weighted by atomic mass is 9.98. The Bertz CT molecular complexity index is 1940. The van der Waals surface area contributed by atoms with Crippen molar-refractivity contribution in [1.29, 1.82) is 0 Å². The second-order valence-electron chi connectivity index (χ2n) is 22.3. The molecule has 0 bridgehead atoms. The maximum Gasteiger partial charge on any atom is 0.335 e. The van der Waals surface area contributed by atoms with Crippen molar-refractivity contribution >= 4 is 23.9 Å². The van der Waals surface area contributed by atoms with Crippen LogP contribution in [0.4, 0.5) is 0 Å². The summed E-state index contributed by atoms with van der Waals surface area (Å²) in [5, 5.41) is 31.6. The van der Waals surface area contributed by atoms with Crippen LogP contribution in [0.3, 0.4) is 0 Å². The Balaban J connectivity index is 2.70. The molecule has 12 nitrogen and oxygen atoms in total. The van der Waals surface area contributed by atoms with Crippen LogP contribution in [-0.2, 0) is 42.9 Å². The smallest absolute Gasteiger partial charge is 0.335 e. The molecule has 0 spiro atoms. The SMILES string of the molecule is CC/C=C\C/C=C\C/C=C\C/C=C\C/C=C\CCCCCC(=O)OCC(COC1OC(C(=O)O)C(O)C(O)C1OC(=O)CCCCCCCCCCCCCCCCCCCCC)OC(=O)CCC/C=C\C/C=C\C/C=C\C/C=C\C/C=C\CC. The third-order valence-electron chi connectivity index (χ3n) is 14.5. The number of hydrogen-bond acceptors (Lipinski definition) is 11. The lowest BCUT2D eigenvalue weighted by Crippen LogP contribution is -2.61. The summed E-state index contributed by atoms with van der Waals surface area (Å²) in [7, 11) is 0. The first kappa shape index (κ1) is 78.1. The van der Waals surface area contributed by atoms with E-state index in [1.807, 2.05) is 12.2 Å². The molecule has 1 rings (SSSR count). The number of unbranched alkanes of at least 4 members (excludes halogenated alkanes) is 22. The standard InChI is InChI=1S/C73H118O12/c1-4-7-10-13-16-19-22-25-28-31-33-36-38-41-44-47-50-53-56-59-65(74)81-62-64(83-66(75)60-57-54-51-48-45-42-39-35-30-27-24-21-18-15-12-9-6-3)63-82-73-71(69(78)68(77)70(85-73)72(79)80)84-67(76)61-58-55-52-49-46-43-40-37-34-32-29-26-23-20-17-14-11-8-5-2/h7,9-10,12,16,18-19,21,25,27-28,30,33,36,39,41-42,44,48,51,64,68-71,73,77-78H,4-6,8,11,13-15,17,20,22-24,26,29,31-32,34-35,37-38,40,43,45-47,49-50,52-63H2,1-3H3,(H,79,80)/b10-7-,12-9-,19-16-,21-18-,28-25-,30-27-,36-33-,42-39-,44-41-,51-48-. The Morgan fingerprint density at radius 1 is 0.400 bits per heavy atom. The first-order valence-electron chi connectivity index (χ1n) is 33.5. The molecule has 0 radical (unpaired) electrons. The zero-order valence-corrected chi connectivity index (χ0v) is 53.3. The van der Waals surface area contributed by atoms with E-state index in [1.54, 1.807) is 0 Å². The van der Waals surface area contributed by atoms with Crippen LogP contribution >= 0.6 is 0 Å². The molecule has 3 N–H and O–H groups in total. The van der Waals surface area contributed by atoms with Crippen molar-refractivity contribution in [2.75, 3.05) is 13.2 Å². The van der Waals surface area contributed by atoms with Gasteiger partial charge >= 0.3 is 23.9 Å². The molecule has 6 atom stereocenters. The van der Waals surface area contributed by atoms with Gasteiger partial charge in [0.15, 0.2) is 24.6 Å². The summed E-state index contributed by atoms with van der Waals surface area (Å²) in [5.74, 6) is -3.25. The second kappa shape index (κ2) is 59.5. The summed E-state index contributed by atoms with van der Waals surface area (Å²) in [4.78, 5) is 51.4. The number of allylic oxidation sites excluding steroid dienone is 20. The van der Waals surface area contributed by atoms with Crippen molar-refractivity contribution in [2.24, 2.45) is 0 Å². The van der Waals surface area contributed by atoms with Crippen LogP contribution in [0.1, 0.15) is 265 Å². The van der Waals surface area contributed by atoms with Crippen LogP contribution in [0.25, 0.3) is 0 Å². The molecule has 1 aliphatic rings. The number of esters is 3. The predicted molar refractivity (Wildman–Crippen MR) is 349 cm³/mol. The van der Waals surface area contributed by atoms with Gasteiger partial charge < -0.3 is 39.0 Å². The first-order valence-corrected chi connectivity index (χ1v) is 33.5. The third-order valence-corrected chi connectivity index (χ3v) is 14.5. The minimum atomic E-state index is -1.92. The highest BCUT2D eigenvalue weighted by atomic mass is 16.7. The number of carbonyl (C=O) groups is 4. The van der Waals surface area contributed by atoms with Crippen molar-refractivity contribution in [3.05, 3.63) is 122 Å². The maximum absolute atomic E-state index is 13.2. The van der Waals surface area contributed by atoms with Crippen molar-refractivity contribution in [3.8, 4) is 0 Å². The Kier molecular flexibility index (Phi) is 54.6. The lowest BCUT2D eigenvalue weighted by Gasteiger charge is -2.40. The van der Waals surface area contributed by atoms with Crippen LogP contribution in [-0.4, -0.2) is 89.2 Å². The predicted octanol–water partition coefficient (Wildman–Crippen LogP) is 18.3. The fraction of sp³-hybridized carbons (Fsp3) is 0.671. The molecule has 0 saturated carbocycles. The molecule has 1 heterocycles. The number of aliphatic hydroxyl groups is 2. The van der Waals surface area contributed by atoms with E-state index < -0.39 is 67.3 Å². The van der Waals surface area contributed by atoms with Gasteiger partial charge in [-0.3, -0.25) is 14.4 Å². The fourth-order valence-corrected chi connectivity index (χ4v) is 9.49. The molecule has 85 heavy (non-hydrogen) atoms. The van der Waals surface area contributed by atoms with E-state index in [0.29, 0.717) is 25.7 Å². The zero-order valence-electron chi connectivity index (χ0n) is 53.3. The highest BCUT2D eigenvalue weighted by molar-refractivity contribution is 5.74. The minimum Gasteiger partial charge on any atom is -0.479 e. The Morgan fingerprint density at radius 2 is 0.753 bits per heavy atom. The molecule has 1 fully saturated rings. The number of hydrogen-bond donors (Lipinski definition) is 3. The molecule has 0 amide bonds. The number of rotatable bonds is 56. The number of aliphatic carboxylic acids is 1. The summed E-state index contributed by atoms with van der Waals surface area (Å²) < 4.78 is 28.5. The summed E-state index contributed by atoms with van der Waals surface area (Å²) in [6.45, 7) is 5.72. The van der Waals surface area contributed by atoms with E-state index in [9.17, 15) is 34.5 Å². The largest absolute Gasteiger partial charge is 0.479 e. The van der Waals surface area contributed by atoms with Crippen molar-refractivity contribution < 1.29 is 58.2 Å². The Labute approximate surface area is 516 Å². The van der Waals surface area contributed by atoms with Gasteiger partial charge in [-0.2, -0.15) is 0 Å². The van der Waals surface area contributed by atoms with E-state index >= 15 is 0 Å². The van der Waals surface area contributed by atoms with Crippen LogP contribution in [0.2, 0.25) is 0 Å². The molecular formula is C73H118O12. The van der Waals surface area contributed by atoms with E-state index in [0.717, 1.165) is 109 Å². The molecule has 0 aliphatic carbocycles. The van der Waals surface area contributed by atoms with Gasteiger partial charge in [0.1, 0.15) is 18.8 Å². The summed E-state index contributed by atoms with van der Waals surface area (Å²) >= 11 is 0. The second-order valence-corrected chi connectivity index (χ2v) is 22.3. The summed E-state index contributed by atoms with van der Waals surface area (Å²) in [6.07, 6.45) is 70.2. The molecule has 6 unspecified atom stereocenters. The van der Waals surface area contributed by atoms with E-state index in [2.05, 4.69) is 130 Å². The van der Waals surface area contributed by atoms with Gasteiger partial charge in [0.25, 0.3) is 0 Å². The van der Waals surface area contributed by atoms with Crippen molar-refractivity contribution in [3.63, 3.8) is 0 Å². The lowest BCUT2D eigenvalue weighted by molar-refractivity contribution is -0.301. The number of aliphatic hydroxyl groups excluding tert-OH is 2. The van der Waals surface area contributed by atoms with Crippen LogP contribution in [0.15, 0.2) is 122 Å². The topological polar surface area (TPSA) is 175 Å². The molecule has 12 heteroatoms. The number of carboxylic acid groups (broad SMARTS) is 1. The minimum absolute atomic E-state index is 0.0481. The Hall–Kier alpha value is -4.88. The normalized spacial score (nSPS) is 18.2. The zero-order chi connectivity index (χ0) is 61.7. The van der Waals surface area contributed by atoms with Crippen LogP contribution in [0.5, 0.6) is 0 Å². The molecule has 0 aromatic carbocycles. The molecule has 0 aromatic rings. The van der Waals surface area contributed by atoms with E-state index in [1.165, 1.54) is 89.9 Å². The molecule has 1 aliphatic heterocycles. The van der Waals surface area contributed by atoms with Gasteiger partial charge in [-0.1, -0.05) is 264 Å². The molecule has 1 saturated heterocycles. The van der Waals surface area contributed by atoms with E-state index in [4.69, 9.17) is 23.7 Å². The maximum atomic E-state index is 13.2. The van der Waals surface area contributed by atoms with Gasteiger partial charge in [-0.05, 0) is 103 Å². The van der Waals surface area contributed by atoms with Crippen LogP contribution in [0, 0.1) is 0 Å². The summed E-state index contributed by atoms with van der Waals surface area (Å²) in [6, 6.07) is 0. The number of carboxylic acids is 1. The van der Waals surface area contributed by atoms with E-state index in [-0.39, 0.29) is 25.9 Å². The molecule has 0 aromatic heterocycles. The Morgan fingerprint density at radius 3 is 1.16 bits per heavy atom.